The number of nitro groups is 1. The maximum Gasteiger partial charge on any atom is 0.309 e. The Morgan fingerprint density at radius 2 is 1.63 bits per heavy atom. The van der Waals surface area contributed by atoms with Crippen LogP contribution < -0.4 is 14.8 Å². The highest BCUT2D eigenvalue weighted by Gasteiger charge is 2.18. The number of carbonyl (C=O) groups excluding carboxylic acids is 2. The quantitative estimate of drug-likeness (QED) is 0.357. The average Bonchev–Trinajstić information content (AvgIpc) is 2.70. The van der Waals surface area contributed by atoms with Gasteiger partial charge in [0.2, 0.25) is 0 Å². The van der Waals surface area contributed by atoms with Gasteiger partial charge in [-0.2, -0.15) is 0 Å². The molecule has 0 saturated heterocycles. The maximum atomic E-state index is 12.0. The number of nitrogens with one attached hydrogen (secondary N) is 1. The number of aryl methyl sites for hydroxylation is 2. The maximum absolute atomic E-state index is 12.0. The Kier molecular flexibility index (Phi) is 8.16. The molecular weight excluding hydrogens is 392 g/mol. The average molecular weight is 416 g/mol. The number of esters is 1. The predicted molar refractivity (Wildman–Crippen MR) is 110 cm³/mol. The number of carbonyl (C=O) groups is 2. The van der Waals surface area contributed by atoms with E-state index in [1.807, 2.05) is 6.92 Å². The second kappa shape index (κ2) is 10.8. The Labute approximate surface area is 174 Å². The molecule has 0 aliphatic carbocycles. The minimum atomic E-state index is -0.665. The molecule has 0 fully saturated rings. The second-order valence-electron chi connectivity index (χ2n) is 6.42. The van der Waals surface area contributed by atoms with E-state index in [-0.39, 0.29) is 24.4 Å². The Morgan fingerprint density at radius 1 is 1.03 bits per heavy atom. The fourth-order valence-corrected chi connectivity index (χ4v) is 2.51. The molecule has 2 aromatic rings. The molecule has 0 heterocycles. The highest BCUT2D eigenvalue weighted by Crippen LogP contribution is 2.27. The van der Waals surface area contributed by atoms with Crippen molar-refractivity contribution < 1.29 is 28.7 Å². The highest BCUT2D eigenvalue weighted by molar-refractivity contribution is 5.95. The van der Waals surface area contributed by atoms with Crippen LogP contribution in [0.1, 0.15) is 24.5 Å². The zero-order valence-electron chi connectivity index (χ0n) is 17.1. The highest BCUT2D eigenvalue weighted by atomic mass is 16.6. The summed E-state index contributed by atoms with van der Waals surface area (Å²) >= 11 is 0. The fourth-order valence-electron chi connectivity index (χ4n) is 2.51. The number of hydrogen-bond acceptors (Lipinski definition) is 7. The number of rotatable bonds is 10. The van der Waals surface area contributed by atoms with E-state index in [0.717, 1.165) is 16.9 Å². The lowest BCUT2D eigenvalue weighted by molar-refractivity contribution is -0.384. The molecule has 0 aromatic heterocycles. The number of benzene rings is 2. The van der Waals surface area contributed by atoms with Crippen molar-refractivity contribution in [1.29, 1.82) is 0 Å². The largest absolute Gasteiger partial charge is 0.494 e. The molecule has 30 heavy (non-hydrogen) atoms. The van der Waals surface area contributed by atoms with E-state index in [4.69, 9.17) is 14.2 Å². The molecular formula is C21H24N2O7. The van der Waals surface area contributed by atoms with Crippen LogP contribution in [0.15, 0.2) is 36.4 Å². The Morgan fingerprint density at radius 3 is 2.23 bits per heavy atom. The standard InChI is InChI=1S/C21H24N2O7/c1-4-28-16-5-7-17(8-6-16)29-10-9-21(25)30-13-20(24)22-18-11-14(2)15(3)12-19(18)23(26)27/h5-8,11-12H,4,9-10,13H2,1-3H3,(H,22,24). The summed E-state index contributed by atoms with van der Waals surface area (Å²) in [7, 11) is 0. The Balaban J connectivity index is 1.77. The van der Waals surface area contributed by atoms with E-state index in [0.29, 0.717) is 12.4 Å². The predicted octanol–water partition coefficient (Wildman–Crippen LogP) is 3.56. The van der Waals surface area contributed by atoms with E-state index in [9.17, 15) is 19.7 Å². The van der Waals surface area contributed by atoms with Crippen LogP contribution in [0.25, 0.3) is 0 Å². The van der Waals surface area contributed by atoms with Crippen LogP contribution in [0, 0.1) is 24.0 Å². The number of hydrogen-bond donors (Lipinski definition) is 1. The van der Waals surface area contributed by atoms with Crippen molar-refractivity contribution in [1.82, 2.24) is 0 Å². The Hall–Kier alpha value is -3.62. The third-order valence-electron chi connectivity index (χ3n) is 4.16. The third kappa shape index (κ3) is 6.77. The van der Waals surface area contributed by atoms with Gasteiger partial charge in [-0.25, -0.2) is 0 Å². The summed E-state index contributed by atoms with van der Waals surface area (Å²) in [6.07, 6.45) is -0.0513. The van der Waals surface area contributed by atoms with Gasteiger partial charge in [0, 0.05) is 6.07 Å². The van der Waals surface area contributed by atoms with Crippen molar-refractivity contribution in [2.24, 2.45) is 0 Å². The first-order chi connectivity index (χ1) is 14.3. The van der Waals surface area contributed by atoms with E-state index in [2.05, 4.69) is 5.32 Å². The monoisotopic (exact) mass is 416 g/mol. The molecule has 0 saturated carbocycles. The van der Waals surface area contributed by atoms with Crippen LogP contribution in [0.4, 0.5) is 11.4 Å². The van der Waals surface area contributed by atoms with Gasteiger partial charge in [-0.3, -0.25) is 19.7 Å². The third-order valence-corrected chi connectivity index (χ3v) is 4.16. The van der Waals surface area contributed by atoms with Gasteiger partial charge in [0.1, 0.15) is 17.2 Å². The number of nitro benzene ring substituents is 1. The Bertz CT molecular complexity index is 910. The molecule has 2 rings (SSSR count). The summed E-state index contributed by atoms with van der Waals surface area (Å²) in [6, 6.07) is 9.86. The van der Waals surface area contributed by atoms with Crippen LogP contribution in [0.5, 0.6) is 11.5 Å². The van der Waals surface area contributed by atoms with Gasteiger partial charge in [-0.15, -0.1) is 0 Å². The molecule has 0 aliphatic heterocycles. The van der Waals surface area contributed by atoms with Crippen LogP contribution in [0.3, 0.4) is 0 Å². The van der Waals surface area contributed by atoms with E-state index in [1.165, 1.54) is 12.1 Å². The van der Waals surface area contributed by atoms with Gasteiger partial charge in [-0.1, -0.05) is 0 Å². The SMILES string of the molecule is CCOc1ccc(OCCC(=O)OCC(=O)Nc2cc(C)c(C)cc2[N+](=O)[O-])cc1. The van der Waals surface area contributed by atoms with E-state index < -0.39 is 23.4 Å². The summed E-state index contributed by atoms with van der Waals surface area (Å²) in [5.41, 5.74) is 1.36. The lowest BCUT2D eigenvalue weighted by Gasteiger charge is -2.10. The van der Waals surface area contributed by atoms with Crippen molar-refractivity contribution >= 4 is 23.3 Å². The molecule has 0 atom stereocenters. The summed E-state index contributed by atoms with van der Waals surface area (Å²) in [6.45, 7) is 5.50. The molecule has 2 aromatic carbocycles. The lowest BCUT2D eigenvalue weighted by Crippen LogP contribution is -2.22. The van der Waals surface area contributed by atoms with Gasteiger partial charge < -0.3 is 19.5 Å². The minimum Gasteiger partial charge on any atom is -0.494 e. The van der Waals surface area contributed by atoms with Gasteiger partial charge in [0.15, 0.2) is 6.61 Å². The molecule has 9 nitrogen and oxygen atoms in total. The van der Waals surface area contributed by atoms with Crippen molar-refractivity contribution in [3.63, 3.8) is 0 Å². The molecule has 0 bridgehead atoms. The molecule has 1 amide bonds. The van der Waals surface area contributed by atoms with Crippen LogP contribution >= 0.6 is 0 Å². The first-order valence-electron chi connectivity index (χ1n) is 9.37. The number of ether oxygens (including phenoxy) is 3. The van der Waals surface area contributed by atoms with Crippen molar-refractivity contribution in [2.45, 2.75) is 27.2 Å². The van der Waals surface area contributed by atoms with E-state index in [1.54, 1.807) is 38.1 Å². The van der Waals surface area contributed by atoms with Gasteiger partial charge in [-0.05, 0) is 62.2 Å². The zero-order valence-corrected chi connectivity index (χ0v) is 17.1. The molecule has 0 spiro atoms. The van der Waals surface area contributed by atoms with Gasteiger partial charge >= 0.3 is 5.97 Å². The summed E-state index contributed by atoms with van der Waals surface area (Å²) in [4.78, 5) is 34.4. The minimum absolute atomic E-state index is 0.0513. The fraction of sp³-hybridized carbons (Fsp3) is 0.333. The number of anilines is 1. The summed E-state index contributed by atoms with van der Waals surface area (Å²) in [5.74, 6) is 0.0122. The molecule has 0 radical (unpaired) electrons. The van der Waals surface area contributed by atoms with Crippen molar-refractivity contribution in [2.75, 3.05) is 25.1 Å². The van der Waals surface area contributed by atoms with E-state index >= 15 is 0 Å². The molecule has 0 unspecified atom stereocenters. The van der Waals surface area contributed by atoms with Gasteiger partial charge in [0.25, 0.3) is 11.6 Å². The second-order valence-corrected chi connectivity index (χ2v) is 6.42. The van der Waals surface area contributed by atoms with Crippen LogP contribution in [-0.2, 0) is 14.3 Å². The summed E-state index contributed by atoms with van der Waals surface area (Å²) in [5, 5.41) is 13.6. The molecule has 9 heteroatoms. The first-order valence-corrected chi connectivity index (χ1v) is 9.37. The first kappa shape index (κ1) is 22.7. The molecule has 0 aliphatic rings. The topological polar surface area (TPSA) is 117 Å². The molecule has 1 N–H and O–H groups in total. The van der Waals surface area contributed by atoms with Crippen LogP contribution in [-0.4, -0.2) is 36.6 Å². The van der Waals surface area contributed by atoms with Crippen molar-refractivity contribution in [3.8, 4) is 11.5 Å². The smallest absolute Gasteiger partial charge is 0.309 e. The lowest BCUT2D eigenvalue weighted by atomic mass is 10.1. The molecule has 160 valence electrons. The van der Waals surface area contributed by atoms with Crippen LogP contribution in [0.2, 0.25) is 0 Å². The van der Waals surface area contributed by atoms with Gasteiger partial charge in [0.05, 0.1) is 24.6 Å². The normalized spacial score (nSPS) is 10.2. The number of nitrogens with zero attached hydrogens (tertiary/aromatic N) is 1. The number of amides is 1. The summed E-state index contributed by atoms with van der Waals surface area (Å²) < 4.78 is 15.7. The zero-order chi connectivity index (χ0) is 22.1. The van der Waals surface area contributed by atoms with Crippen molar-refractivity contribution in [3.05, 3.63) is 57.6 Å².